The van der Waals surface area contributed by atoms with Gasteiger partial charge in [-0.25, -0.2) is 9.90 Å². The highest BCUT2D eigenvalue weighted by atomic mass is 16.6. The number of carbonyl (C=O) groups is 1. The van der Waals surface area contributed by atoms with E-state index < -0.39 is 6.09 Å². The molecule has 0 saturated heterocycles. The molecule has 1 aliphatic heterocycles. The van der Waals surface area contributed by atoms with Gasteiger partial charge in [0.2, 0.25) is 0 Å². The van der Waals surface area contributed by atoms with E-state index in [0.29, 0.717) is 18.1 Å². The van der Waals surface area contributed by atoms with Crippen LogP contribution in [0.5, 0.6) is 11.5 Å². The van der Waals surface area contributed by atoms with Crippen molar-refractivity contribution in [2.45, 2.75) is 19.1 Å². The van der Waals surface area contributed by atoms with Gasteiger partial charge in [-0.15, -0.1) is 0 Å². The number of hydrogen-bond donors (Lipinski definition) is 1. The van der Waals surface area contributed by atoms with Crippen LogP contribution in [0, 0.1) is 0 Å². The van der Waals surface area contributed by atoms with Crippen molar-refractivity contribution < 1.29 is 19.4 Å². The zero-order valence-corrected chi connectivity index (χ0v) is 8.80. The summed E-state index contributed by atoms with van der Waals surface area (Å²) >= 11 is 0. The van der Waals surface area contributed by atoms with Crippen LogP contribution < -0.4 is 14.8 Å². The molecule has 2 rings (SSSR count). The molecule has 0 fully saturated rings. The zero-order chi connectivity index (χ0) is 11.5. The highest BCUT2D eigenvalue weighted by Crippen LogP contribution is 2.31. The molecule has 85 valence electrons. The summed E-state index contributed by atoms with van der Waals surface area (Å²) in [6.07, 6.45) is -1.65. The fourth-order valence-corrected chi connectivity index (χ4v) is 1.56. The number of ether oxygens (including phenoxy) is 2. The minimum absolute atomic E-state index is 0.318. The Kier molecular flexibility index (Phi) is 2.85. The molecule has 0 spiro atoms. The van der Waals surface area contributed by atoms with Crippen molar-refractivity contribution in [1.82, 2.24) is 5.32 Å². The highest BCUT2D eigenvalue weighted by molar-refractivity contribution is 5.64. The molecule has 1 amide bonds. The Morgan fingerprint density at radius 2 is 2.12 bits per heavy atom. The minimum Gasteiger partial charge on any atom is -0.486 e. The van der Waals surface area contributed by atoms with Gasteiger partial charge in [0.25, 0.3) is 0 Å². The Balaban J connectivity index is 2.05. The van der Waals surface area contributed by atoms with Gasteiger partial charge in [-0.3, -0.25) is 0 Å². The van der Waals surface area contributed by atoms with Gasteiger partial charge in [-0.05, 0) is 19.1 Å². The number of hydrogen-bond acceptors (Lipinski definition) is 3. The molecule has 2 atom stereocenters. The number of carbonyl (C=O) groups excluding carboxylic acids is 1. The lowest BCUT2D eigenvalue weighted by atomic mass is 10.1. The number of para-hydroxylation sites is 2. The molecule has 5 heteroatoms. The van der Waals surface area contributed by atoms with Crippen molar-refractivity contribution in [2.24, 2.45) is 0 Å². The molecule has 2 unspecified atom stereocenters. The summed E-state index contributed by atoms with van der Waals surface area (Å²) in [5, 5.41) is 12.6. The van der Waals surface area contributed by atoms with E-state index in [1.807, 2.05) is 18.2 Å². The Morgan fingerprint density at radius 1 is 1.44 bits per heavy atom. The third-order valence-corrected chi connectivity index (χ3v) is 2.43. The van der Waals surface area contributed by atoms with Gasteiger partial charge in [-0.1, -0.05) is 12.1 Å². The Bertz CT molecular complexity index is 393. The maximum absolute atomic E-state index is 10.4. The topological polar surface area (TPSA) is 67.5 Å². The molecule has 0 bridgehead atoms. The van der Waals surface area contributed by atoms with Crippen molar-refractivity contribution >= 4 is 6.09 Å². The SMILES string of the molecule is CC(NC([O])=O)C1COc2ccccc2O1. The summed E-state index contributed by atoms with van der Waals surface area (Å²) in [4.78, 5) is 10.4. The van der Waals surface area contributed by atoms with Crippen LogP contribution >= 0.6 is 0 Å². The van der Waals surface area contributed by atoms with E-state index in [1.165, 1.54) is 0 Å². The van der Waals surface area contributed by atoms with Gasteiger partial charge in [-0.2, -0.15) is 0 Å². The maximum atomic E-state index is 10.4. The van der Waals surface area contributed by atoms with E-state index >= 15 is 0 Å². The van der Waals surface area contributed by atoms with Crippen LogP contribution in [0.1, 0.15) is 6.92 Å². The summed E-state index contributed by atoms with van der Waals surface area (Å²) in [6, 6.07) is 6.90. The molecule has 0 aliphatic carbocycles. The van der Waals surface area contributed by atoms with Crippen molar-refractivity contribution in [3.8, 4) is 11.5 Å². The summed E-state index contributed by atoms with van der Waals surface area (Å²) in [6.45, 7) is 2.02. The van der Waals surface area contributed by atoms with Crippen LogP contribution in [0.3, 0.4) is 0 Å². The number of benzene rings is 1. The third kappa shape index (κ3) is 2.18. The molecule has 0 aromatic heterocycles. The minimum atomic E-state index is -1.31. The highest BCUT2D eigenvalue weighted by Gasteiger charge is 2.27. The Labute approximate surface area is 93.0 Å². The van der Waals surface area contributed by atoms with Gasteiger partial charge in [0.1, 0.15) is 6.61 Å². The summed E-state index contributed by atoms with van der Waals surface area (Å²) in [7, 11) is 0. The van der Waals surface area contributed by atoms with Crippen molar-refractivity contribution in [3.05, 3.63) is 24.3 Å². The maximum Gasteiger partial charge on any atom is 0.450 e. The first-order chi connectivity index (χ1) is 7.66. The normalized spacial score (nSPS) is 19.9. The van der Waals surface area contributed by atoms with Crippen LogP contribution in [0.2, 0.25) is 0 Å². The van der Waals surface area contributed by atoms with E-state index in [1.54, 1.807) is 13.0 Å². The number of rotatable bonds is 2. The van der Waals surface area contributed by atoms with Crippen LogP contribution in [-0.2, 0) is 5.11 Å². The summed E-state index contributed by atoms with van der Waals surface area (Å²) in [5.41, 5.74) is 0. The molecule has 0 saturated carbocycles. The second kappa shape index (κ2) is 4.30. The zero-order valence-electron chi connectivity index (χ0n) is 8.80. The Morgan fingerprint density at radius 3 is 2.81 bits per heavy atom. The van der Waals surface area contributed by atoms with E-state index in [4.69, 9.17) is 9.47 Å². The molecule has 1 aliphatic rings. The second-order valence-electron chi connectivity index (χ2n) is 3.63. The molecule has 1 heterocycles. The number of nitrogens with one attached hydrogen (secondary N) is 1. The largest absolute Gasteiger partial charge is 0.486 e. The summed E-state index contributed by atoms with van der Waals surface area (Å²) in [5.74, 6) is 1.31. The smallest absolute Gasteiger partial charge is 0.450 e. The van der Waals surface area contributed by atoms with Crippen LogP contribution in [0.15, 0.2) is 24.3 Å². The first kappa shape index (κ1) is 10.6. The van der Waals surface area contributed by atoms with Crippen LogP contribution in [-0.4, -0.2) is 24.8 Å². The molecule has 1 radical (unpaired) electrons. The lowest BCUT2D eigenvalue weighted by Crippen LogP contribution is -2.47. The molecule has 1 aromatic carbocycles. The van der Waals surface area contributed by atoms with Gasteiger partial charge < -0.3 is 14.8 Å². The summed E-state index contributed by atoms with van der Waals surface area (Å²) < 4.78 is 11.1. The van der Waals surface area contributed by atoms with Gasteiger partial charge >= 0.3 is 6.09 Å². The molecule has 16 heavy (non-hydrogen) atoms. The standard InChI is InChI=1S/C11H12NO4/c1-7(12-11(13)14)10-6-15-8-4-2-3-5-9(8)16-10/h2-5,7,10,12H,6H2,1H3. The Hall–Kier alpha value is -1.91. The van der Waals surface area contributed by atoms with Crippen molar-refractivity contribution in [3.63, 3.8) is 0 Å². The average Bonchev–Trinajstić information content (AvgIpc) is 2.27. The molecular weight excluding hydrogens is 210 g/mol. The monoisotopic (exact) mass is 222 g/mol. The first-order valence-corrected chi connectivity index (χ1v) is 5.03. The molecule has 5 nitrogen and oxygen atoms in total. The molecular formula is C11H12NO4. The first-order valence-electron chi connectivity index (χ1n) is 5.03. The third-order valence-electron chi connectivity index (χ3n) is 2.43. The lowest BCUT2D eigenvalue weighted by Gasteiger charge is -2.29. The lowest BCUT2D eigenvalue weighted by molar-refractivity contribution is 0.0641. The van der Waals surface area contributed by atoms with E-state index in [-0.39, 0.29) is 12.1 Å². The van der Waals surface area contributed by atoms with Crippen molar-refractivity contribution in [1.29, 1.82) is 0 Å². The molecule has 1 N–H and O–H groups in total. The van der Waals surface area contributed by atoms with Gasteiger partial charge in [0.05, 0.1) is 6.04 Å². The van der Waals surface area contributed by atoms with Crippen LogP contribution in [0.4, 0.5) is 4.79 Å². The van der Waals surface area contributed by atoms with Gasteiger partial charge in [0, 0.05) is 0 Å². The van der Waals surface area contributed by atoms with Crippen molar-refractivity contribution in [2.75, 3.05) is 6.61 Å². The average molecular weight is 222 g/mol. The predicted octanol–water partition coefficient (Wildman–Crippen LogP) is 1.35. The fraction of sp³-hybridized carbons (Fsp3) is 0.364. The number of fused-ring (bicyclic) bond motifs is 1. The quantitative estimate of drug-likeness (QED) is 0.821. The van der Waals surface area contributed by atoms with E-state index in [2.05, 4.69) is 5.32 Å². The van der Waals surface area contributed by atoms with E-state index in [9.17, 15) is 9.90 Å². The van der Waals surface area contributed by atoms with Crippen LogP contribution in [0.25, 0.3) is 0 Å². The second-order valence-corrected chi connectivity index (χ2v) is 3.63. The molecule has 1 aromatic rings. The van der Waals surface area contributed by atoms with Gasteiger partial charge in [0.15, 0.2) is 17.6 Å². The number of amides is 1. The fourth-order valence-electron chi connectivity index (χ4n) is 1.56. The van der Waals surface area contributed by atoms with E-state index in [0.717, 1.165) is 0 Å². The predicted molar refractivity (Wildman–Crippen MR) is 55.0 cm³/mol.